The third-order valence-corrected chi connectivity index (χ3v) is 3.69. The van der Waals surface area contributed by atoms with Crippen molar-refractivity contribution < 1.29 is 0 Å². The van der Waals surface area contributed by atoms with Crippen molar-refractivity contribution in [1.82, 2.24) is 10.3 Å². The van der Waals surface area contributed by atoms with E-state index in [4.69, 9.17) is 0 Å². The van der Waals surface area contributed by atoms with Crippen LogP contribution in [0.2, 0.25) is 0 Å². The van der Waals surface area contributed by atoms with Gasteiger partial charge < -0.3 is 10.2 Å². The predicted molar refractivity (Wildman–Crippen MR) is 76.0 cm³/mol. The molecule has 0 radical (unpaired) electrons. The number of aromatic nitrogens is 1. The van der Waals surface area contributed by atoms with E-state index in [1.165, 1.54) is 11.1 Å². The number of pyridine rings is 1. The molecule has 1 saturated heterocycles. The molecule has 0 saturated carbocycles. The van der Waals surface area contributed by atoms with Crippen LogP contribution in [0.15, 0.2) is 36.5 Å². The molecule has 18 heavy (non-hydrogen) atoms. The fourth-order valence-electron chi connectivity index (χ4n) is 2.68. The van der Waals surface area contributed by atoms with Gasteiger partial charge in [-0.2, -0.15) is 0 Å². The van der Waals surface area contributed by atoms with Crippen molar-refractivity contribution in [3.63, 3.8) is 0 Å². The number of nitrogens with one attached hydrogen (secondary N) is 1. The van der Waals surface area contributed by atoms with Gasteiger partial charge in [0.2, 0.25) is 0 Å². The molecule has 1 aromatic carbocycles. The third-order valence-electron chi connectivity index (χ3n) is 3.69. The molecule has 1 N–H and O–H groups in total. The molecular formula is C15H19N3. The van der Waals surface area contributed by atoms with Crippen molar-refractivity contribution in [2.75, 3.05) is 18.0 Å². The summed E-state index contributed by atoms with van der Waals surface area (Å²) in [6.45, 7) is 6.57. The van der Waals surface area contributed by atoms with Crippen LogP contribution in [0.4, 0.5) is 5.69 Å². The van der Waals surface area contributed by atoms with E-state index in [1.807, 2.05) is 12.3 Å². The maximum atomic E-state index is 4.55. The number of anilines is 1. The van der Waals surface area contributed by atoms with Crippen molar-refractivity contribution in [2.24, 2.45) is 0 Å². The van der Waals surface area contributed by atoms with Crippen LogP contribution in [-0.2, 0) is 0 Å². The van der Waals surface area contributed by atoms with E-state index in [9.17, 15) is 0 Å². The monoisotopic (exact) mass is 241 g/mol. The second kappa shape index (κ2) is 4.58. The minimum atomic E-state index is 0.508. The summed E-state index contributed by atoms with van der Waals surface area (Å²) in [5, 5.41) is 4.73. The number of hydrogen-bond donors (Lipinski definition) is 1. The summed E-state index contributed by atoms with van der Waals surface area (Å²) < 4.78 is 0. The van der Waals surface area contributed by atoms with Crippen LogP contribution in [0.1, 0.15) is 13.8 Å². The van der Waals surface area contributed by atoms with Gasteiger partial charge in [0, 0.05) is 36.8 Å². The van der Waals surface area contributed by atoms with Crippen LogP contribution >= 0.6 is 0 Å². The first-order valence-electron chi connectivity index (χ1n) is 6.59. The molecule has 0 bridgehead atoms. The standard InChI is InChI=1S/C15H19N3/c1-11-10-18(12(2)9-17-11)14-7-3-5-13-6-4-8-16-15(13)14/h3-8,11-12,17H,9-10H2,1-2H3/t11-,12+/m0/s1. The molecule has 0 aliphatic carbocycles. The molecule has 3 nitrogen and oxygen atoms in total. The van der Waals surface area contributed by atoms with E-state index in [0.717, 1.165) is 18.6 Å². The molecule has 1 fully saturated rings. The number of nitrogens with zero attached hydrogens (tertiary/aromatic N) is 2. The first-order valence-corrected chi connectivity index (χ1v) is 6.59. The number of rotatable bonds is 1. The maximum absolute atomic E-state index is 4.55. The summed E-state index contributed by atoms with van der Waals surface area (Å²) in [5.74, 6) is 0. The normalized spacial score (nSPS) is 24.4. The van der Waals surface area contributed by atoms with Gasteiger partial charge in [0.05, 0.1) is 11.2 Å². The summed E-state index contributed by atoms with van der Waals surface area (Å²) in [4.78, 5) is 7.02. The Kier molecular flexibility index (Phi) is 2.92. The molecule has 1 aliphatic heterocycles. The molecule has 3 rings (SSSR count). The number of hydrogen-bond acceptors (Lipinski definition) is 3. The van der Waals surface area contributed by atoms with E-state index >= 15 is 0 Å². The number of fused-ring (bicyclic) bond motifs is 1. The Morgan fingerprint density at radius 2 is 2.06 bits per heavy atom. The molecule has 94 valence electrons. The van der Waals surface area contributed by atoms with Crippen LogP contribution in [0.3, 0.4) is 0 Å². The van der Waals surface area contributed by atoms with Crippen LogP contribution < -0.4 is 10.2 Å². The van der Waals surface area contributed by atoms with Gasteiger partial charge in [-0.25, -0.2) is 0 Å². The number of benzene rings is 1. The van der Waals surface area contributed by atoms with Crippen LogP contribution in [0.5, 0.6) is 0 Å². The Morgan fingerprint density at radius 1 is 1.22 bits per heavy atom. The lowest BCUT2D eigenvalue weighted by molar-refractivity contribution is 0.426. The van der Waals surface area contributed by atoms with Gasteiger partial charge in [0.25, 0.3) is 0 Å². The summed E-state index contributed by atoms with van der Waals surface area (Å²) in [7, 11) is 0. The van der Waals surface area contributed by atoms with Crippen molar-refractivity contribution in [3.05, 3.63) is 36.5 Å². The molecule has 0 unspecified atom stereocenters. The van der Waals surface area contributed by atoms with Crippen molar-refractivity contribution >= 4 is 16.6 Å². The molecular weight excluding hydrogens is 222 g/mol. The Labute approximate surface area is 108 Å². The zero-order chi connectivity index (χ0) is 12.5. The molecule has 0 spiro atoms. The SMILES string of the molecule is C[C@@H]1CN[C@@H](C)CN1c1cccc2cccnc12. The van der Waals surface area contributed by atoms with Crippen molar-refractivity contribution in [3.8, 4) is 0 Å². The largest absolute Gasteiger partial charge is 0.364 e. The second-order valence-corrected chi connectivity index (χ2v) is 5.16. The highest BCUT2D eigenvalue weighted by atomic mass is 15.2. The van der Waals surface area contributed by atoms with Gasteiger partial charge in [-0.1, -0.05) is 18.2 Å². The molecule has 2 heterocycles. The highest BCUT2D eigenvalue weighted by Gasteiger charge is 2.23. The molecule has 2 atom stereocenters. The molecule has 1 aliphatic rings. The zero-order valence-electron chi connectivity index (χ0n) is 10.9. The fourth-order valence-corrected chi connectivity index (χ4v) is 2.68. The Balaban J connectivity index is 2.07. The third kappa shape index (κ3) is 1.95. The topological polar surface area (TPSA) is 28.2 Å². The van der Waals surface area contributed by atoms with Gasteiger partial charge in [0.1, 0.15) is 0 Å². The van der Waals surface area contributed by atoms with Crippen LogP contribution in [0.25, 0.3) is 10.9 Å². The van der Waals surface area contributed by atoms with Crippen molar-refractivity contribution in [1.29, 1.82) is 0 Å². The average molecular weight is 241 g/mol. The summed E-state index contributed by atoms with van der Waals surface area (Å²) in [5.41, 5.74) is 2.37. The molecule has 0 amide bonds. The van der Waals surface area contributed by atoms with E-state index in [0.29, 0.717) is 12.1 Å². The number of piperazine rings is 1. The van der Waals surface area contributed by atoms with Gasteiger partial charge in [-0.3, -0.25) is 4.98 Å². The van der Waals surface area contributed by atoms with Crippen LogP contribution in [-0.4, -0.2) is 30.2 Å². The summed E-state index contributed by atoms with van der Waals surface area (Å²) in [6, 6.07) is 11.6. The Hall–Kier alpha value is -1.61. The average Bonchev–Trinajstić information content (AvgIpc) is 2.41. The highest BCUT2D eigenvalue weighted by molar-refractivity contribution is 5.90. The quantitative estimate of drug-likeness (QED) is 0.831. The Morgan fingerprint density at radius 3 is 2.94 bits per heavy atom. The predicted octanol–water partition coefficient (Wildman–Crippen LogP) is 2.42. The summed E-state index contributed by atoms with van der Waals surface area (Å²) >= 11 is 0. The smallest absolute Gasteiger partial charge is 0.0935 e. The Bertz CT molecular complexity index is 547. The van der Waals surface area contributed by atoms with E-state index in [2.05, 4.69) is 53.3 Å². The van der Waals surface area contributed by atoms with Crippen molar-refractivity contribution in [2.45, 2.75) is 25.9 Å². The van der Waals surface area contributed by atoms with Gasteiger partial charge in [-0.15, -0.1) is 0 Å². The zero-order valence-corrected chi connectivity index (χ0v) is 10.9. The fraction of sp³-hybridized carbons (Fsp3) is 0.400. The molecule has 3 heteroatoms. The minimum absolute atomic E-state index is 0.508. The van der Waals surface area contributed by atoms with Gasteiger partial charge >= 0.3 is 0 Å². The van der Waals surface area contributed by atoms with E-state index in [-0.39, 0.29) is 0 Å². The lowest BCUT2D eigenvalue weighted by atomic mass is 10.1. The second-order valence-electron chi connectivity index (χ2n) is 5.16. The maximum Gasteiger partial charge on any atom is 0.0935 e. The van der Waals surface area contributed by atoms with Gasteiger partial charge in [0.15, 0.2) is 0 Å². The van der Waals surface area contributed by atoms with Crippen LogP contribution in [0, 0.1) is 0 Å². The first kappa shape index (κ1) is 11.5. The molecule has 1 aromatic heterocycles. The highest BCUT2D eigenvalue weighted by Crippen LogP contribution is 2.27. The first-order chi connectivity index (χ1) is 8.75. The minimum Gasteiger partial charge on any atom is -0.364 e. The lowest BCUT2D eigenvalue weighted by Crippen LogP contribution is -2.54. The summed E-state index contributed by atoms with van der Waals surface area (Å²) in [6.07, 6.45) is 1.88. The van der Waals surface area contributed by atoms with E-state index < -0.39 is 0 Å². The lowest BCUT2D eigenvalue weighted by Gasteiger charge is -2.39. The molecule has 2 aromatic rings. The van der Waals surface area contributed by atoms with Gasteiger partial charge in [-0.05, 0) is 26.0 Å². The number of para-hydroxylation sites is 1. The van der Waals surface area contributed by atoms with E-state index in [1.54, 1.807) is 0 Å².